The summed E-state index contributed by atoms with van der Waals surface area (Å²) in [5.74, 6) is -2.97. The molecule has 6 atom stereocenters. The van der Waals surface area contributed by atoms with Crippen LogP contribution in [-0.4, -0.2) is 90.4 Å². The van der Waals surface area contributed by atoms with Crippen molar-refractivity contribution in [2.75, 3.05) is 55.6 Å². The van der Waals surface area contributed by atoms with Gasteiger partial charge in [-0.2, -0.15) is 15.0 Å². The molecule has 0 saturated carbocycles. The molecule has 0 aliphatic heterocycles. The van der Waals surface area contributed by atoms with Crippen molar-refractivity contribution in [2.45, 2.75) is 237 Å². The van der Waals surface area contributed by atoms with Gasteiger partial charge in [0.05, 0.1) is 39.6 Å². The molecule has 0 fully saturated rings. The van der Waals surface area contributed by atoms with Gasteiger partial charge in [-0.15, -0.1) is 0 Å². The van der Waals surface area contributed by atoms with Gasteiger partial charge >= 0.3 is 35.8 Å². The molecule has 0 amide bonds. The van der Waals surface area contributed by atoms with Crippen LogP contribution in [0.5, 0.6) is 0 Å². The quantitative estimate of drug-likeness (QED) is 0.0123. The molecule has 0 saturated heterocycles. The van der Waals surface area contributed by atoms with Gasteiger partial charge in [0.2, 0.25) is 17.8 Å². The summed E-state index contributed by atoms with van der Waals surface area (Å²) in [7, 11) is 0. The van der Waals surface area contributed by atoms with Crippen LogP contribution in [-0.2, 0) is 57.2 Å². The molecular formula is C81H120N6O12. The predicted molar refractivity (Wildman–Crippen MR) is 399 cm³/mol. The predicted octanol–water partition coefficient (Wildman–Crippen LogP) is 19.8. The van der Waals surface area contributed by atoms with Crippen molar-refractivity contribution in [1.29, 1.82) is 0 Å². The standard InChI is InChI=1S/C81H120N6O12/c1-13-25-31-58(19-7)52-94-73(88)70(74(89)95-53-59(20-8)32-26-14-2)49-64-37-43-67(44-38-64)82-79-85-80(83-68-45-39-65(40-46-68)50-71(75(90)96-54-60(21-9)33-27-15-3)76(91)97-55-61(22-10)34-28-16-4)87-81(86-79)84-69-47-41-66(42-48-69)51-72(77(92)98-56-62(23-11)35-29-17-5)78(93)99-57-63(24-12)36-30-18-6/h37-51,58-63H,13-36,52-57H2,1-12H3,(H3,82,83,84,85,86,87). The molecule has 0 aliphatic carbocycles. The molecule has 1 heterocycles. The van der Waals surface area contributed by atoms with Gasteiger partial charge in [0, 0.05) is 17.1 Å². The average Bonchev–Trinajstić information content (AvgIpc) is 0.882. The molecule has 6 unspecified atom stereocenters. The fourth-order valence-electron chi connectivity index (χ4n) is 11.0. The number of nitrogens with one attached hydrogen (secondary N) is 3. The maximum Gasteiger partial charge on any atom is 0.345 e. The first-order chi connectivity index (χ1) is 48.0. The second-order valence-corrected chi connectivity index (χ2v) is 26.3. The zero-order valence-corrected chi connectivity index (χ0v) is 62.1. The monoisotopic (exact) mass is 1370 g/mol. The largest absolute Gasteiger partial charge is 0.462 e. The fraction of sp³-hybridized carbons (Fsp3) is 0.593. The van der Waals surface area contributed by atoms with Crippen molar-refractivity contribution >= 4 is 89.0 Å². The molecule has 0 aliphatic rings. The Morgan fingerprint density at radius 1 is 0.293 bits per heavy atom. The highest BCUT2D eigenvalue weighted by atomic mass is 16.6. The van der Waals surface area contributed by atoms with Crippen LogP contribution in [0.1, 0.15) is 254 Å². The van der Waals surface area contributed by atoms with E-state index in [-0.39, 0.29) is 110 Å². The normalized spacial score (nSPS) is 12.8. The number of ether oxygens (including phenoxy) is 6. The Bertz CT molecular complexity index is 2670. The van der Waals surface area contributed by atoms with E-state index in [1.165, 1.54) is 18.2 Å². The molecule has 18 heteroatoms. The van der Waals surface area contributed by atoms with E-state index in [0.29, 0.717) is 33.8 Å². The molecule has 3 N–H and O–H groups in total. The van der Waals surface area contributed by atoms with Gasteiger partial charge in [-0.05, 0) is 145 Å². The van der Waals surface area contributed by atoms with E-state index in [2.05, 4.69) is 99.0 Å². The first-order valence-electron chi connectivity index (χ1n) is 37.6. The lowest BCUT2D eigenvalue weighted by Crippen LogP contribution is -2.23. The summed E-state index contributed by atoms with van der Waals surface area (Å²) in [5, 5.41) is 9.85. The van der Waals surface area contributed by atoms with Crippen molar-refractivity contribution in [3.63, 3.8) is 0 Å². The lowest BCUT2D eigenvalue weighted by atomic mass is 10.0. The number of nitrogens with zero attached hydrogens (tertiary/aromatic N) is 3. The average molecular weight is 1370 g/mol. The van der Waals surface area contributed by atoms with E-state index in [1.807, 2.05) is 0 Å². The van der Waals surface area contributed by atoms with Gasteiger partial charge in [-0.1, -0.05) is 235 Å². The smallest absolute Gasteiger partial charge is 0.345 e. The molecule has 99 heavy (non-hydrogen) atoms. The van der Waals surface area contributed by atoms with E-state index < -0.39 is 35.8 Å². The topological polar surface area (TPSA) is 233 Å². The minimum absolute atomic E-state index is 0.135. The van der Waals surface area contributed by atoms with E-state index in [1.54, 1.807) is 72.8 Å². The lowest BCUT2D eigenvalue weighted by Gasteiger charge is -2.17. The number of esters is 6. The molecule has 1 aromatic heterocycles. The third-order valence-corrected chi connectivity index (χ3v) is 18.3. The third kappa shape index (κ3) is 31.9. The highest BCUT2D eigenvalue weighted by molar-refractivity contribution is 6.19. The fourth-order valence-corrected chi connectivity index (χ4v) is 11.0. The van der Waals surface area contributed by atoms with Crippen LogP contribution in [0.4, 0.5) is 34.9 Å². The molecule has 4 rings (SSSR count). The number of benzene rings is 3. The van der Waals surface area contributed by atoms with Gasteiger partial charge in [0.15, 0.2) is 0 Å². The minimum Gasteiger partial charge on any atom is -0.462 e. The number of carbonyl (C=O) groups excluding carboxylic acids is 6. The zero-order valence-electron chi connectivity index (χ0n) is 62.1. The van der Waals surface area contributed by atoms with Gasteiger partial charge in [0.25, 0.3) is 0 Å². The molecule has 0 bridgehead atoms. The SMILES string of the molecule is CCCCC(CC)COC(=O)C(=Cc1ccc(Nc2nc(Nc3ccc(C=C(C(=O)OCC(CC)CCCC)C(=O)OCC(CC)CCCC)cc3)nc(Nc3ccc(C=C(C(=O)OCC(CC)CCCC)C(=O)OCC(CC)CCCC)cc3)n2)cc1)C(=O)OCC(CC)CCCC. The summed E-state index contributed by atoms with van der Waals surface area (Å²) < 4.78 is 34.9. The molecule has 0 radical (unpaired) electrons. The Labute approximate surface area is 592 Å². The van der Waals surface area contributed by atoms with Crippen LogP contribution >= 0.6 is 0 Å². The van der Waals surface area contributed by atoms with E-state index >= 15 is 0 Å². The zero-order chi connectivity index (χ0) is 72.2. The maximum atomic E-state index is 13.8. The van der Waals surface area contributed by atoms with Crippen molar-refractivity contribution in [1.82, 2.24) is 15.0 Å². The number of hydrogen-bond donors (Lipinski definition) is 3. The molecule has 3 aromatic carbocycles. The van der Waals surface area contributed by atoms with Crippen LogP contribution in [0, 0.1) is 35.5 Å². The Hall–Kier alpha value is -7.89. The number of aromatic nitrogens is 3. The second-order valence-electron chi connectivity index (χ2n) is 26.3. The van der Waals surface area contributed by atoms with Gasteiger partial charge < -0.3 is 44.4 Å². The Balaban J connectivity index is 1.77. The number of anilines is 6. The van der Waals surface area contributed by atoms with Crippen LogP contribution in [0.25, 0.3) is 18.2 Å². The van der Waals surface area contributed by atoms with Crippen LogP contribution < -0.4 is 16.0 Å². The van der Waals surface area contributed by atoms with Crippen molar-refractivity contribution in [2.24, 2.45) is 35.5 Å². The molecule has 0 spiro atoms. The summed E-state index contributed by atoms with van der Waals surface area (Å²) in [6, 6.07) is 21.1. The summed E-state index contributed by atoms with van der Waals surface area (Å²) in [6.07, 6.45) is 27.3. The maximum absolute atomic E-state index is 13.8. The Morgan fingerprint density at radius 3 is 0.616 bits per heavy atom. The van der Waals surface area contributed by atoms with Crippen LogP contribution in [0.15, 0.2) is 89.5 Å². The number of unbranched alkanes of at least 4 members (excludes halogenated alkanes) is 6. The van der Waals surface area contributed by atoms with Crippen LogP contribution in [0.3, 0.4) is 0 Å². The van der Waals surface area contributed by atoms with Crippen molar-refractivity contribution < 1.29 is 57.2 Å². The number of carbonyl (C=O) groups is 6. The first kappa shape index (κ1) is 83.5. The van der Waals surface area contributed by atoms with E-state index in [0.717, 1.165) is 154 Å². The number of hydrogen-bond acceptors (Lipinski definition) is 18. The third-order valence-electron chi connectivity index (χ3n) is 18.3. The Kier molecular flexibility index (Phi) is 41.2. The van der Waals surface area contributed by atoms with Crippen LogP contribution in [0.2, 0.25) is 0 Å². The molecule has 546 valence electrons. The van der Waals surface area contributed by atoms with E-state index in [9.17, 15) is 28.8 Å². The summed E-state index contributed by atoms with van der Waals surface area (Å²) in [6.45, 7) is 26.4. The molecule has 18 nitrogen and oxygen atoms in total. The summed E-state index contributed by atoms with van der Waals surface area (Å²) >= 11 is 0. The van der Waals surface area contributed by atoms with Gasteiger partial charge in [0.1, 0.15) is 16.7 Å². The van der Waals surface area contributed by atoms with Gasteiger partial charge in [-0.3, -0.25) is 0 Å². The lowest BCUT2D eigenvalue weighted by molar-refractivity contribution is -0.150. The van der Waals surface area contributed by atoms with Gasteiger partial charge in [-0.25, -0.2) is 28.8 Å². The van der Waals surface area contributed by atoms with E-state index in [4.69, 9.17) is 43.4 Å². The number of rotatable bonds is 51. The highest BCUT2D eigenvalue weighted by Gasteiger charge is 2.28. The second kappa shape index (κ2) is 48.8. The first-order valence-corrected chi connectivity index (χ1v) is 37.6. The highest BCUT2D eigenvalue weighted by Crippen LogP contribution is 2.27. The Morgan fingerprint density at radius 2 is 0.465 bits per heavy atom. The summed E-state index contributed by atoms with van der Waals surface area (Å²) in [5.41, 5.74) is 2.79. The molecular weight excluding hydrogens is 1250 g/mol. The van der Waals surface area contributed by atoms with Crippen molar-refractivity contribution in [3.05, 3.63) is 106 Å². The molecule has 4 aromatic rings. The summed E-state index contributed by atoms with van der Waals surface area (Å²) in [4.78, 5) is 97.1. The van der Waals surface area contributed by atoms with Crippen molar-refractivity contribution in [3.8, 4) is 0 Å². The minimum atomic E-state index is -0.733.